The number of rotatable bonds is 3. The fourth-order valence-corrected chi connectivity index (χ4v) is 2.37. The normalized spacial score (nSPS) is 18.7. The summed E-state index contributed by atoms with van der Waals surface area (Å²) < 4.78 is 1.64. The van der Waals surface area contributed by atoms with E-state index in [2.05, 4.69) is 46.8 Å². The molecule has 23 heavy (non-hydrogen) atoms. The number of amides is 3. The largest absolute Gasteiger partial charge is 0.381 e. The number of nitrogens with zero attached hydrogens (tertiary/aromatic N) is 3. The summed E-state index contributed by atoms with van der Waals surface area (Å²) in [6, 6.07) is 1.36. The third kappa shape index (κ3) is 3.25. The van der Waals surface area contributed by atoms with Gasteiger partial charge in [0.25, 0.3) is 0 Å². The van der Waals surface area contributed by atoms with Gasteiger partial charge in [-0.25, -0.2) is 14.3 Å². The Morgan fingerprint density at radius 3 is 2.87 bits per heavy atom. The molecule has 0 saturated carbocycles. The minimum Gasteiger partial charge on any atom is -0.381 e. The van der Waals surface area contributed by atoms with Crippen LogP contribution in [-0.4, -0.2) is 39.6 Å². The number of carbonyl (C=O) groups is 2. The van der Waals surface area contributed by atoms with Crippen LogP contribution < -0.4 is 16.0 Å². The van der Waals surface area contributed by atoms with Crippen molar-refractivity contribution in [2.45, 2.75) is 26.7 Å². The van der Waals surface area contributed by atoms with Crippen LogP contribution in [0.3, 0.4) is 0 Å². The van der Waals surface area contributed by atoms with Crippen LogP contribution in [0.5, 0.6) is 0 Å². The second kappa shape index (κ2) is 5.53. The van der Waals surface area contributed by atoms with Crippen molar-refractivity contribution in [2.24, 2.45) is 5.41 Å². The lowest BCUT2D eigenvalue weighted by molar-refractivity contribution is -0.122. The number of nitrogens with one attached hydrogen (secondary N) is 3. The molecule has 1 aliphatic rings. The monoisotopic (exact) mass is 316 g/mol. The number of imide groups is 1. The molecule has 3 N–H and O–H groups in total. The SMILES string of the molecule is CC(C)(C)CNc1cc(C2CNC(=O)NC2=O)nn2ccnc12. The van der Waals surface area contributed by atoms with Crippen molar-refractivity contribution in [1.82, 2.24) is 25.2 Å². The van der Waals surface area contributed by atoms with Gasteiger partial charge < -0.3 is 10.6 Å². The van der Waals surface area contributed by atoms with Crippen molar-refractivity contribution < 1.29 is 9.59 Å². The molecule has 0 aromatic carbocycles. The highest BCUT2D eigenvalue weighted by Gasteiger charge is 2.29. The lowest BCUT2D eigenvalue weighted by atomic mass is 9.97. The van der Waals surface area contributed by atoms with Crippen LogP contribution in [0.15, 0.2) is 18.5 Å². The molecule has 2 aromatic heterocycles. The van der Waals surface area contributed by atoms with E-state index in [0.717, 1.165) is 12.2 Å². The van der Waals surface area contributed by atoms with E-state index < -0.39 is 11.9 Å². The number of fused-ring (bicyclic) bond motifs is 1. The van der Waals surface area contributed by atoms with Gasteiger partial charge in [0.1, 0.15) is 0 Å². The second-order valence-electron chi connectivity index (χ2n) is 6.84. The molecule has 3 rings (SSSR count). The summed E-state index contributed by atoms with van der Waals surface area (Å²) in [7, 11) is 0. The van der Waals surface area contributed by atoms with Crippen molar-refractivity contribution >= 4 is 23.3 Å². The average Bonchev–Trinajstić information content (AvgIpc) is 2.92. The summed E-state index contributed by atoms with van der Waals surface area (Å²) in [5.41, 5.74) is 2.21. The van der Waals surface area contributed by atoms with E-state index in [-0.39, 0.29) is 17.9 Å². The highest BCUT2D eigenvalue weighted by atomic mass is 16.2. The van der Waals surface area contributed by atoms with Gasteiger partial charge in [0, 0.05) is 25.5 Å². The molecular weight excluding hydrogens is 296 g/mol. The van der Waals surface area contributed by atoms with Crippen molar-refractivity contribution in [3.05, 3.63) is 24.2 Å². The molecule has 8 heteroatoms. The lowest BCUT2D eigenvalue weighted by Crippen LogP contribution is -2.51. The summed E-state index contributed by atoms with van der Waals surface area (Å²) in [5, 5.41) is 12.7. The molecule has 0 bridgehead atoms. The van der Waals surface area contributed by atoms with E-state index in [4.69, 9.17) is 0 Å². The van der Waals surface area contributed by atoms with Crippen molar-refractivity contribution in [3.8, 4) is 0 Å². The maximum absolute atomic E-state index is 12.1. The van der Waals surface area contributed by atoms with Gasteiger partial charge in [-0.2, -0.15) is 5.10 Å². The first-order valence-electron chi connectivity index (χ1n) is 7.50. The molecule has 122 valence electrons. The smallest absolute Gasteiger partial charge is 0.321 e. The first-order chi connectivity index (χ1) is 10.8. The van der Waals surface area contributed by atoms with Gasteiger partial charge in [-0.05, 0) is 11.5 Å². The van der Waals surface area contributed by atoms with Crippen molar-refractivity contribution in [3.63, 3.8) is 0 Å². The standard InChI is InChI=1S/C15H20N6O2/c1-15(2,3)8-18-11-6-10(20-21-5-4-16-12(11)21)9-7-17-14(23)19-13(9)22/h4-6,9,18H,7-8H2,1-3H3,(H2,17,19,22,23). The second-order valence-corrected chi connectivity index (χ2v) is 6.84. The summed E-state index contributed by atoms with van der Waals surface area (Å²) in [6.45, 7) is 7.39. The maximum Gasteiger partial charge on any atom is 0.321 e. The Morgan fingerprint density at radius 2 is 2.17 bits per heavy atom. The van der Waals surface area contributed by atoms with E-state index in [0.29, 0.717) is 11.3 Å². The zero-order valence-corrected chi connectivity index (χ0v) is 13.4. The van der Waals surface area contributed by atoms with Crippen molar-refractivity contribution in [1.29, 1.82) is 0 Å². The molecule has 3 amide bonds. The number of urea groups is 1. The lowest BCUT2D eigenvalue weighted by Gasteiger charge is -2.23. The molecule has 8 nitrogen and oxygen atoms in total. The third-order valence-electron chi connectivity index (χ3n) is 3.56. The van der Waals surface area contributed by atoms with Crippen LogP contribution in [0.2, 0.25) is 0 Å². The summed E-state index contributed by atoms with van der Waals surface area (Å²) in [5.74, 6) is -0.864. The van der Waals surface area contributed by atoms with Gasteiger partial charge in [0.05, 0.1) is 17.3 Å². The van der Waals surface area contributed by atoms with Gasteiger partial charge in [0.2, 0.25) is 5.91 Å². The topological polar surface area (TPSA) is 100 Å². The van der Waals surface area contributed by atoms with Crippen LogP contribution in [-0.2, 0) is 4.79 Å². The molecule has 3 heterocycles. The molecule has 1 unspecified atom stereocenters. The molecule has 1 atom stereocenters. The number of anilines is 1. The molecule has 1 aliphatic heterocycles. The number of aromatic nitrogens is 3. The van der Waals surface area contributed by atoms with Gasteiger partial charge in [-0.3, -0.25) is 10.1 Å². The molecule has 1 saturated heterocycles. The fourth-order valence-electron chi connectivity index (χ4n) is 2.37. The molecule has 0 aliphatic carbocycles. The molecule has 0 spiro atoms. The zero-order chi connectivity index (χ0) is 16.6. The van der Waals surface area contributed by atoms with Crippen LogP contribution in [0.1, 0.15) is 32.4 Å². The highest BCUT2D eigenvalue weighted by molar-refractivity contribution is 6.00. The minimum atomic E-state index is -0.519. The fraction of sp³-hybridized carbons (Fsp3) is 0.467. The van der Waals surface area contributed by atoms with Gasteiger partial charge in [-0.1, -0.05) is 20.8 Å². The summed E-state index contributed by atoms with van der Waals surface area (Å²) in [4.78, 5) is 27.6. The number of hydrogen-bond acceptors (Lipinski definition) is 5. The predicted molar refractivity (Wildman–Crippen MR) is 85.2 cm³/mol. The van der Waals surface area contributed by atoms with E-state index >= 15 is 0 Å². The Morgan fingerprint density at radius 1 is 1.39 bits per heavy atom. The molecule has 2 aromatic rings. The zero-order valence-electron chi connectivity index (χ0n) is 13.4. The molecule has 0 radical (unpaired) electrons. The van der Waals surface area contributed by atoms with E-state index in [9.17, 15) is 9.59 Å². The molecule has 1 fully saturated rings. The van der Waals surface area contributed by atoms with E-state index in [1.165, 1.54) is 0 Å². The number of hydrogen-bond donors (Lipinski definition) is 3. The van der Waals surface area contributed by atoms with Crippen LogP contribution in [0.4, 0.5) is 10.5 Å². The summed E-state index contributed by atoms with van der Waals surface area (Å²) in [6.07, 6.45) is 3.40. The molecular formula is C15H20N6O2. The Kier molecular flexibility index (Phi) is 3.67. The number of carbonyl (C=O) groups excluding carboxylic acids is 2. The minimum absolute atomic E-state index is 0.100. The van der Waals surface area contributed by atoms with Crippen molar-refractivity contribution in [2.75, 3.05) is 18.4 Å². The van der Waals surface area contributed by atoms with Crippen LogP contribution in [0, 0.1) is 5.41 Å². The predicted octanol–water partition coefficient (Wildman–Crippen LogP) is 1.11. The third-order valence-corrected chi connectivity index (χ3v) is 3.56. The van der Waals surface area contributed by atoms with Crippen LogP contribution >= 0.6 is 0 Å². The first kappa shape index (κ1) is 15.3. The average molecular weight is 316 g/mol. The first-order valence-corrected chi connectivity index (χ1v) is 7.50. The summed E-state index contributed by atoms with van der Waals surface area (Å²) >= 11 is 0. The van der Waals surface area contributed by atoms with Crippen LogP contribution in [0.25, 0.3) is 5.65 Å². The Labute approximate surface area is 133 Å². The Hall–Kier alpha value is -2.64. The Balaban J connectivity index is 1.95. The van der Waals surface area contributed by atoms with Gasteiger partial charge >= 0.3 is 6.03 Å². The highest BCUT2D eigenvalue weighted by Crippen LogP contribution is 2.23. The van der Waals surface area contributed by atoms with Gasteiger partial charge in [-0.15, -0.1) is 0 Å². The maximum atomic E-state index is 12.1. The number of imidazole rings is 1. The van der Waals surface area contributed by atoms with E-state index in [1.807, 2.05) is 6.07 Å². The van der Waals surface area contributed by atoms with E-state index in [1.54, 1.807) is 16.9 Å². The van der Waals surface area contributed by atoms with Gasteiger partial charge in [0.15, 0.2) is 5.65 Å². The Bertz CT molecular complexity index is 761. The quantitative estimate of drug-likeness (QED) is 0.787.